The molecule has 1 amide bonds. The maximum Gasteiger partial charge on any atom is 0.409 e. The average molecular weight is 313 g/mol. The molecule has 0 unspecified atom stereocenters. The lowest BCUT2D eigenvalue weighted by Gasteiger charge is -2.35. The topological polar surface area (TPSA) is 45.7 Å². The van der Waals surface area contributed by atoms with Gasteiger partial charge in [0.25, 0.3) is 0 Å². The van der Waals surface area contributed by atoms with Gasteiger partial charge < -0.3 is 14.5 Å². The number of hydrogen-bond acceptors (Lipinski definition) is 4. The van der Waals surface area contributed by atoms with Crippen LogP contribution in [0.2, 0.25) is 0 Å². The van der Waals surface area contributed by atoms with Crippen molar-refractivity contribution in [3.8, 4) is 0 Å². The largest absolute Gasteiger partial charge is 0.449 e. The molecule has 5 heteroatoms. The first-order chi connectivity index (χ1) is 11.1. The van der Waals surface area contributed by atoms with Gasteiger partial charge in [-0.2, -0.15) is 0 Å². The number of fused-ring (bicyclic) bond motifs is 1. The fraction of sp³-hybridized carbons (Fsp3) is 0.444. The average Bonchev–Trinajstić information content (AvgIpc) is 2.59. The van der Waals surface area contributed by atoms with Gasteiger partial charge in [-0.3, -0.25) is 4.98 Å². The summed E-state index contributed by atoms with van der Waals surface area (Å²) in [6, 6.07) is 10.3. The van der Waals surface area contributed by atoms with Crippen molar-refractivity contribution in [2.75, 3.05) is 37.7 Å². The summed E-state index contributed by atoms with van der Waals surface area (Å²) in [5, 5.41) is 1.15. The third-order valence-corrected chi connectivity index (χ3v) is 4.03. The fourth-order valence-corrected chi connectivity index (χ4v) is 2.73. The van der Waals surface area contributed by atoms with E-state index in [2.05, 4.69) is 34.1 Å². The molecule has 2 heterocycles. The van der Waals surface area contributed by atoms with Crippen molar-refractivity contribution in [3.63, 3.8) is 0 Å². The van der Waals surface area contributed by atoms with Crippen molar-refractivity contribution in [3.05, 3.63) is 36.5 Å². The van der Waals surface area contributed by atoms with E-state index in [0.717, 1.165) is 29.7 Å². The summed E-state index contributed by atoms with van der Waals surface area (Å²) >= 11 is 0. The van der Waals surface area contributed by atoms with E-state index in [1.165, 1.54) is 0 Å². The number of benzene rings is 1. The molecule has 1 aromatic carbocycles. The van der Waals surface area contributed by atoms with E-state index >= 15 is 0 Å². The zero-order chi connectivity index (χ0) is 16.2. The molecular weight excluding hydrogens is 290 g/mol. The molecule has 1 saturated heterocycles. The Morgan fingerprint density at radius 3 is 2.74 bits per heavy atom. The number of carbonyl (C=O) groups excluding carboxylic acids is 1. The lowest BCUT2D eigenvalue weighted by atomic mass is 10.2. The van der Waals surface area contributed by atoms with Crippen molar-refractivity contribution in [1.29, 1.82) is 0 Å². The normalized spacial score (nSPS) is 15.3. The van der Waals surface area contributed by atoms with Crippen molar-refractivity contribution >= 4 is 22.7 Å². The molecule has 0 saturated carbocycles. The van der Waals surface area contributed by atoms with Crippen molar-refractivity contribution in [1.82, 2.24) is 9.88 Å². The molecule has 23 heavy (non-hydrogen) atoms. The molecule has 1 aliphatic heterocycles. The number of hydrogen-bond donors (Lipinski definition) is 0. The molecule has 122 valence electrons. The van der Waals surface area contributed by atoms with Crippen LogP contribution in [-0.4, -0.2) is 48.8 Å². The van der Waals surface area contributed by atoms with E-state index in [1.54, 1.807) is 4.90 Å². The Kier molecular flexibility index (Phi) is 4.65. The number of ether oxygens (including phenoxy) is 1. The number of amides is 1. The maximum atomic E-state index is 12.0. The van der Waals surface area contributed by atoms with Crippen molar-refractivity contribution in [2.24, 2.45) is 5.92 Å². The van der Waals surface area contributed by atoms with Gasteiger partial charge >= 0.3 is 6.09 Å². The van der Waals surface area contributed by atoms with Gasteiger partial charge in [-0.05, 0) is 24.1 Å². The molecule has 1 aliphatic rings. The van der Waals surface area contributed by atoms with Crippen LogP contribution in [0.3, 0.4) is 0 Å². The van der Waals surface area contributed by atoms with Gasteiger partial charge in [-0.1, -0.05) is 26.0 Å². The number of aromatic nitrogens is 1. The molecule has 0 radical (unpaired) electrons. The predicted octanol–water partition coefficient (Wildman–Crippen LogP) is 3.15. The quantitative estimate of drug-likeness (QED) is 0.873. The van der Waals surface area contributed by atoms with Gasteiger partial charge in [0.05, 0.1) is 12.1 Å². The van der Waals surface area contributed by atoms with Crippen molar-refractivity contribution in [2.45, 2.75) is 13.8 Å². The van der Waals surface area contributed by atoms with Gasteiger partial charge in [0.1, 0.15) is 0 Å². The first-order valence-corrected chi connectivity index (χ1v) is 8.15. The Balaban J connectivity index is 1.60. The Hall–Kier alpha value is -2.30. The van der Waals surface area contributed by atoms with Gasteiger partial charge in [-0.15, -0.1) is 0 Å². The van der Waals surface area contributed by atoms with E-state index < -0.39 is 0 Å². The smallest absolute Gasteiger partial charge is 0.409 e. The minimum absolute atomic E-state index is 0.196. The molecule has 0 bridgehead atoms. The van der Waals surface area contributed by atoms with Crippen LogP contribution >= 0.6 is 0 Å². The highest BCUT2D eigenvalue weighted by Gasteiger charge is 2.22. The van der Waals surface area contributed by atoms with E-state index in [1.807, 2.05) is 26.1 Å². The summed E-state index contributed by atoms with van der Waals surface area (Å²) in [7, 11) is 0. The second-order valence-corrected chi connectivity index (χ2v) is 6.33. The molecule has 0 N–H and O–H groups in total. The third kappa shape index (κ3) is 3.73. The van der Waals surface area contributed by atoms with E-state index in [4.69, 9.17) is 4.74 Å². The molecule has 1 fully saturated rings. The zero-order valence-corrected chi connectivity index (χ0v) is 13.7. The molecule has 0 atom stereocenters. The lowest BCUT2D eigenvalue weighted by molar-refractivity contribution is 0.0901. The summed E-state index contributed by atoms with van der Waals surface area (Å²) < 4.78 is 5.30. The standard InChI is InChI=1S/C18H23N3O2/c1-14(2)13-23-18(22)21-10-8-20(9-11-21)16-6-5-15-4-3-7-19-17(15)12-16/h3-7,12,14H,8-11,13H2,1-2H3. The SMILES string of the molecule is CC(C)COC(=O)N1CCN(c2ccc3cccnc3c2)CC1. The molecule has 0 aliphatic carbocycles. The monoisotopic (exact) mass is 313 g/mol. The van der Waals surface area contributed by atoms with E-state index in [0.29, 0.717) is 25.6 Å². The number of pyridine rings is 1. The lowest BCUT2D eigenvalue weighted by Crippen LogP contribution is -2.49. The number of anilines is 1. The van der Waals surface area contributed by atoms with Crippen LogP contribution in [-0.2, 0) is 4.74 Å². The summed E-state index contributed by atoms with van der Waals surface area (Å²) in [6.07, 6.45) is 1.62. The third-order valence-electron chi connectivity index (χ3n) is 4.03. The van der Waals surface area contributed by atoms with Crippen molar-refractivity contribution < 1.29 is 9.53 Å². The van der Waals surface area contributed by atoms with Gasteiger partial charge in [-0.25, -0.2) is 4.79 Å². The highest BCUT2D eigenvalue weighted by atomic mass is 16.6. The highest BCUT2D eigenvalue weighted by molar-refractivity contribution is 5.82. The van der Waals surface area contributed by atoms with Crippen LogP contribution in [0.1, 0.15) is 13.8 Å². The molecular formula is C18H23N3O2. The first kappa shape index (κ1) is 15.6. The Morgan fingerprint density at radius 2 is 2.00 bits per heavy atom. The summed E-state index contributed by atoms with van der Waals surface area (Å²) in [5.74, 6) is 0.366. The minimum Gasteiger partial charge on any atom is -0.449 e. The molecule has 2 aromatic rings. The Bertz CT molecular complexity index is 679. The second-order valence-electron chi connectivity index (χ2n) is 6.33. The van der Waals surface area contributed by atoms with Gasteiger partial charge in [0.15, 0.2) is 0 Å². The number of rotatable bonds is 3. The summed E-state index contributed by atoms with van der Waals surface area (Å²) in [4.78, 5) is 20.5. The maximum absolute atomic E-state index is 12.0. The number of nitrogens with zero attached hydrogens (tertiary/aromatic N) is 3. The van der Waals surface area contributed by atoms with Crippen LogP contribution in [0.15, 0.2) is 36.5 Å². The number of piperazine rings is 1. The summed E-state index contributed by atoms with van der Waals surface area (Å²) in [6.45, 7) is 7.58. The Morgan fingerprint density at radius 1 is 1.22 bits per heavy atom. The molecule has 0 spiro atoms. The second kappa shape index (κ2) is 6.86. The fourth-order valence-electron chi connectivity index (χ4n) is 2.73. The van der Waals surface area contributed by atoms with Gasteiger partial charge in [0.2, 0.25) is 0 Å². The molecule has 5 nitrogen and oxygen atoms in total. The van der Waals surface area contributed by atoms with Crippen LogP contribution in [0.4, 0.5) is 10.5 Å². The predicted molar refractivity (Wildman–Crippen MR) is 91.7 cm³/mol. The van der Waals surface area contributed by atoms with Crippen LogP contribution in [0.25, 0.3) is 10.9 Å². The summed E-state index contributed by atoms with van der Waals surface area (Å²) in [5.41, 5.74) is 2.16. The molecule has 1 aromatic heterocycles. The first-order valence-electron chi connectivity index (χ1n) is 8.15. The molecule has 3 rings (SSSR count). The van der Waals surface area contributed by atoms with Crippen LogP contribution < -0.4 is 4.90 Å². The van der Waals surface area contributed by atoms with Crippen LogP contribution in [0, 0.1) is 5.92 Å². The Labute approximate surface area is 136 Å². The minimum atomic E-state index is -0.196. The number of carbonyl (C=O) groups is 1. The van der Waals surface area contributed by atoms with E-state index in [-0.39, 0.29) is 6.09 Å². The van der Waals surface area contributed by atoms with E-state index in [9.17, 15) is 4.79 Å². The van der Waals surface area contributed by atoms with Crippen LogP contribution in [0.5, 0.6) is 0 Å². The zero-order valence-electron chi connectivity index (χ0n) is 13.7. The highest BCUT2D eigenvalue weighted by Crippen LogP contribution is 2.22. The van der Waals surface area contributed by atoms with Gasteiger partial charge in [0, 0.05) is 43.4 Å².